The maximum atomic E-state index is 12.4. The third-order valence-corrected chi connectivity index (χ3v) is 5.19. The lowest BCUT2D eigenvalue weighted by Crippen LogP contribution is -2.14. The van der Waals surface area contributed by atoms with Crippen LogP contribution in [0.25, 0.3) is 10.8 Å². The van der Waals surface area contributed by atoms with Crippen LogP contribution in [0.4, 0.5) is 5.69 Å². The first-order chi connectivity index (χ1) is 14.2. The molecule has 7 heteroatoms. The van der Waals surface area contributed by atoms with Gasteiger partial charge in [0.05, 0.1) is 19.3 Å². The number of carbonyl (C=O) groups excluding carboxylic acids is 1. The predicted molar refractivity (Wildman–Crippen MR) is 113 cm³/mol. The van der Waals surface area contributed by atoms with Gasteiger partial charge >= 0.3 is 0 Å². The number of fused-ring (bicyclic) bond motifs is 1. The third-order valence-electron chi connectivity index (χ3n) is 4.36. The topological polar surface area (TPSA) is 77.2 Å². The number of hydrogen-bond acceptors (Lipinski definition) is 6. The average Bonchev–Trinajstić information content (AvgIpc) is 3.20. The van der Waals surface area contributed by atoms with Gasteiger partial charge in [-0.3, -0.25) is 4.79 Å². The Morgan fingerprint density at radius 1 is 1.07 bits per heavy atom. The highest BCUT2D eigenvalue weighted by atomic mass is 32.2. The molecule has 0 aliphatic heterocycles. The molecule has 1 amide bonds. The van der Waals surface area contributed by atoms with Crippen molar-refractivity contribution >= 4 is 34.1 Å². The van der Waals surface area contributed by atoms with Crippen molar-refractivity contribution in [3.8, 4) is 5.75 Å². The summed E-state index contributed by atoms with van der Waals surface area (Å²) in [6, 6.07) is 21.5. The van der Waals surface area contributed by atoms with E-state index < -0.39 is 0 Å². The Bertz CT molecular complexity index is 1120. The van der Waals surface area contributed by atoms with Crippen molar-refractivity contribution < 1.29 is 14.1 Å². The smallest absolute Gasteiger partial charge is 0.234 e. The first kappa shape index (κ1) is 19.0. The van der Waals surface area contributed by atoms with Crippen LogP contribution >= 0.6 is 11.8 Å². The fourth-order valence-electron chi connectivity index (χ4n) is 2.94. The van der Waals surface area contributed by atoms with E-state index in [4.69, 9.17) is 9.26 Å². The van der Waals surface area contributed by atoms with Crippen LogP contribution in [0, 0.1) is 0 Å². The Labute approximate surface area is 172 Å². The molecule has 29 heavy (non-hydrogen) atoms. The van der Waals surface area contributed by atoms with Crippen molar-refractivity contribution in [1.29, 1.82) is 0 Å². The highest BCUT2D eigenvalue weighted by molar-refractivity contribution is 7.99. The molecule has 0 aliphatic carbocycles. The van der Waals surface area contributed by atoms with Crippen LogP contribution in [0.15, 0.2) is 76.4 Å². The minimum Gasteiger partial charge on any atom is -0.497 e. The van der Waals surface area contributed by atoms with E-state index in [0.29, 0.717) is 17.5 Å². The van der Waals surface area contributed by atoms with Crippen molar-refractivity contribution in [2.45, 2.75) is 11.6 Å². The zero-order valence-corrected chi connectivity index (χ0v) is 16.6. The van der Waals surface area contributed by atoms with Gasteiger partial charge in [-0.1, -0.05) is 65.4 Å². The van der Waals surface area contributed by atoms with Gasteiger partial charge in [-0.25, -0.2) is 0 Å². The van der Waals surface area contributed by atoms with E-state index in [0.717, 1.165) is 27.8 Å². The molecule has 3 aromatic carbocycles. The molecule has 4 rings (SSSR count). The molecule has 1 aromatic heterocycles. The molecule has 0 atom stereocenters. The maximum absolute atomic E-state index is 12.4. The van der Waals surface area contributed by atoms with E-state index in [1.165, 1.54) is 11.8 Å². The lowest BCUT2D eigenvalue weighted by molar-refractivity contribution is -0.113. The third kappa shape index (κ3) is 4.75. The minimum absolute atomic E-state index is 0.118. The second kappa shape index (κ2) is 8.79. The van der Waals surface area contributed by atoms with E-state index in [1.54, 1.807) is 7.11 Å². The number of anilines is 1. The number of aromatic nitrogens is 2. The Hall–Kier alpha value is -3.32. The molecule has 146 valence electrons. The van der Waals surface area contributed by atoms with Gasteiger partial charge in [0.1, 0.15) is 5.75 Å². The highest BCUT2D eigenvalue weighted by Gasteiger charge is 2.11. The number of hydrogen-bond donors (Lipinski definition) is 1. The number of ether oxygens (including phenoxy) is 1. The normalized spacial score (nSPS) is 10.8. The molecule has 6 nitrogen and oxygen atoms in total. The molecule has 0 fully saturated rings. The molecule has 0 bridgehead atoms. The molecular formula is C22H19N3O3S. The maximum Gasteiger partial charge on any atom is 0.234 e. The quantitative estimate of drug-likeness (QED) is 0.455. The standard InChI is InChI=1S/C22H19N3O3S/c1-27-17-11-9-15(10-12-17)13-21-24-22(25-28-21)29-14-20(26)23-19-8-4-6-16-5-2-3-7-18(16)19/h2-12H,13-14H2,1H3,(H,23,26). The zero-order chi connectivity index (χ0) is 20.1. The summed E-state index contributed by atoms with van der Waals surface area (Å²) in [7, 11) is 1.63. The molecule has 1 heterocycles. The van der Waals surface area contributed by atoms with Crippen molar-refractivity contribution in [2.24, 2.45) is 0 Å². The fourth-order valence-corrected chi connectivity index (χ4v) is 3.53. The molecule has 0 saturated carbocycles. The second-order valence-electron chi connectivity index (χ2n) is 6.36. The van der Waals surface area contributed by atoms with Gasteiger partial charge in [-0.05, 0) is 29.1 Å². The number of amides is 1. The highest BCUT2D eigenvalue weighted by Crippen LogP contribution is 2.24. The lowest BCUT2D eigenvalue weighted by Gasteiger charge is -2.07. The lowest BCUT2D eigenvalue weighted by atomic mass is 10.1. The van der Waals surface area contributed by atoms with Gasteiger partial charge in [0, 0.05) is 11.1 Å². The van der Waals surface area contributed by atoms with Gasteiger partial charge < -0.3 is 14.6 Å². The second-order valence-corrected chi connectivity index (χ2v) is 7.30. The number of thioether (sulfide) groups is 1. The fraction of sp³-hybridized carbons (Fsp3) is 0.136. The van der Waals surface area contributed by atoms with Crippen LogP contribution < -0.4 is 10.1 Å². The van der Waals surface area contributed by atoms with Gasteiger partial charge in [-0.15, -0.1) is 0 Å². The minimum atomic E-state index is -0.118. The van der Waals surface area contributed by atoms with Gasteiger partial charge in [0.15, 0.2) is 0 Å². The van der Waals surface area contributed by atoms with E-state index in [9.17, 15) is 4.79 Å². The predicted octanol–water partition coefficient (Wildman–Crippen LogP) is 4.55. The summed E-state index contributed by atoms with van der Waals surface area (Å²) in [6.45, 7) is 0. The summed E-state index contributed by atoms with van der Waals surface area (Å²) in [4.78, 5) is 16.7. The average molecular weight is 405 g/mol. The van der Waals surface area contributed by atoms with E-state index in [1.807, 2.05) is 66.7 Å². The summed E-state index contributed by atoms with van der Waals surface area (Å²) in [6.07, 6.45) is 0.528. The molecule has 0 unspecified atom stereocenters. The summed E-state index contributed by atoms with van der Waals surface area (Å²) in [5.74, 6) is 1.39. The van der Waals surface area contributed by atoms with Crippen molar-refractivity contribution in [3.63, 3.8) is 0 Å². The number of rotatable bonds is 7. The van der Waals surface area contributed by atoms with Crippen LogP contribution in [-0.4, -0.2) is 28.9 Å². The Kier molecular flexibility index (Phi) is 5.76. The number of methoxy groups -OCH3 is 1. The summed E-state index contributed by atoms with van der Waals surface area (Å²) in [5.41, 5.74) is 1.83. The van der Waals surface area contributed by atoms with Crippen LogP contribution in [0.5, 0.6) is 5.75 Å². The van der Waals surface area contributed by atoms with Gasteiger partial charge in [0.2, 0.25) is 17.0 Å². The largest absolute Gasteiger partial charge is 0.497 e. The van der Waals surface area contributed by atoms with Crippen molar-refractivity contribution in [1.82, 2.24) is 10.1 Å². The first-order valence-electron chi connectivity index (χ1n) is 9.07. The van der Waals surface area contributed by atoms with E-state index in [-0.39, 0.29) is 11.7 Å². The first-order valence-corrected chi connectivity index (χ1v) is 10.1. The molecule has 0 radical (unpaired) electrons. The van der Waals surface area contributed by atoms with E-state index >= 15 is 0 Å². The number of benzene rings is 3. The molecule has 0 spiro atoms. The molecular weight excluding hydrogens is 386 g/mol. The SMILES string of the molecule is COc1ccc(Cc2nc(SCC(=O)Nc3cccc4ccccc34)no2)cc1. The van der Waals surface area contributed by atoms with Crippen molar-refractivity contribution in [3.05, 3.63) is 78.2 Å². The zero-order valence-electron chi connectivity index (χ0n) is 15.8. The Morgan fingerprint density at radius 2 is 1.86 bits per heavy atom. The number of nitrogens with zero attached hydrogens (tertiary/aromatic N) is 2. The summed E-state index contributed by atoms with van der Waals surface area (Å²) in [5, 5.41) is 9.44. The monoisotopic (exact) mass is 405 g/mol. The van der Waals surface area contributed by atoms with Crippen LogP contribution in [-0.2, 0) is 11.2 Å². The Balaban J connectivity index is 1.33. The summed E-state index contributed by atoms with van der Waals surface area (Å²) < 4.78 is 10.4. The molecule has 1 N–H and O–H groups in total. The molecule has 0 saturated heterocycles. The summed E-state index contributed by atoms with van der Waals surface area (Å²) >= 11 is 1.24. The van der Waals surface area contributed by atoms with Gasteiger partial charge in [-0.2, -0.15) is 4.98 Å². The van der Waals surface area contributed by atoms with E-state index in [2.05, 4.69) is 15.5 Å². The molecule has 4 aromatic rings. The number of carbonyl (C=O) groups is 1. The number of nitrogens with one attached hydrogen (secondary N) is 1. The van der Waals surface area contributed by atoms with Crippen molar-refractivity contribution in [2.75, 3.05) is 18.2 Å². The van der Waals surface area contributed by atoms with Crippen LogP contribution in [0.2, 0.25) is 0 Å². The van der Waals surface area contributed by atoms with Gasteiger partial charge in [0.25, 0.3) is 0 Å². The van der Waals surface area contributed by atoms with Crippen LogP contribution in [0.3, 0.4) is 0 Å². The van der Waals surface area contributed by atoms with Crippen LogP contribution in [0.1, 0.15) is 11.5 Å². The molecule has 0 aliphatic rings. The Morgan fingerprint density at radius 3 is 2.69 bits per heavy atom.